The molecule has 0 aliphatic carbocycles. The number of rotatable bonds is 4. The van der Waals surface area contributed by atoms with Gasteiger partial charge in [0.15, 0.2) is 12.4 Å². The number of carbonyl (C=O) groups excluding carboxylic acids is 1. The maximum Gasteiger partial charge on any atom is 0.225 e. The molecule has 2 aliphatic rings. The Morgan fingerprint density at radius 1 is 1.30 bits per heavy atom. The normalized spacial score (nSPS) is 16.0. The number of aliphatic imine (C=N–C) groups is 1. The molecule has 0 atom stereocenters. The number of ether oxygens (including phenoxy) is 1. The molecule has 2 aromatic rings. The highest BCUT2D eigenvalue weighted by molar-refractivity contribution is 6.01. The van der Waals surface area contributed by atoms with Crippen LogP contribution in [0.3, 0.4) is 0 Å². The number of nitrogens with one attached hydrogen (secondary N) is 1. The van der Waals surface area contributed by atoms with E-state index in [1.165, 1.54) is 6.33 Å². The van der Waals surface area contributed by atoms with E-state index in [1.807, 2.05) is 6.08 Å². The molecule has 8 nitrogen and oxygen atoms in total. The molecule has 0 saturated heterocycles. The van der Waals surface area contributed by atoms with Crippen molar-refractivity contribution in [1.82, 2.24) is 15.1 Å². The lowest BCUT2D eigenvalue weighted by atomic mass is 10.1. The maximum absolute atomic E-state index is 11.4. The molecular weight excluding hydrogens is 298 g/mol. The summed E-state index contributed by atoms with van der Waals surface area (Å²) in [4.78, 5) is 23.8. The summed E-state index contributed by atoms with van der Waals surface area (Å²) < 4.78 is 11.0. The fourth-order valence-electron chi connectivity index (χ4n) is 2.47. The zero-order valence-corrected chi connectivity index (χ0v) is 12.2. The first-order valence-corrected chi connectivity index (χ1v) is 7.24. The number of hydrogen-bond acceptors (Lipinski definition) is 7. The molecule has 23 heavy (non-hydrogen) atoms. The van der Waals surface area contributed by atoms with E-state index >= 15 is 0 Å². The largest absolute Gasteiger partial charge is 0.469 e. The zero-order valence-electron chi connectivity index (χ0n) is 12.2. The van der Waals surface area contributed by atoms with E-state index in [0.717, 1.165) is 17.7 Å². The summed E-state index contributed by atoms with van der Waals surface area (Å²) in [5, 5.41) is 6.70. The third-order valence-electron chi connectivity index (χ3n) is 3.62. The highest BCUT2D eigenvalue weighted by Crippen LogP contribution is 2.27. The average Bonchev–Trinajstić information content (AvgIpc) is 3.23. The van der Waals surface area contributed by atoms with Gasteiger partial charge in [0, 0.05) is 25.1 Å². The number of hydrogen-bond donors (Lipinski definition) is 1. The van der Waals surface area contributed by atoms with Crippen molar-refractivity contribution in [3.63, 3.8) is 0 Å². The molecule has 0 unspecified atom stereocenters. The summed E-state index contributed by atoms with van der Waals surface area (Å²) in [7, 11) is 0. The average molecular weight is 311 g/mol. The SMILES string of the molecule is O=C1CCc2c(ncnc2OCc2cc(C3=NC=CC3)no2)N1. The van der Waals surface area contributed by atoms with Crippen molar-refractivity contribution in [3.05, 3.63) is 41.7 Å². The van der Waals surface area contributed by atoms with Gasteiger partial charge in [-0.2, -0.15) is 0 Å². The van der Waals surface area contributed by atoms with Crippen LogP contribution in [0.2, 0.25) is 0 Å². The first kappa shape index (κ1) is 13.6. The third-order valence-corrected chi connectivity index (χ3v) is 3.62. The summed E-state index contributed by atoms with van der Waals surface area (Å²) in [6.07, 6.45) is 6.79. The van der Waals surface area contributed by atoms with Crippen molar-refractivity contribution in [3.8, 4) is 5.88 Å². The Balaban J connectivity index is 1.47. The minimum Gasteiger partial charge on any atom is -0.469 e. The summed E-state index contributed by atoms with van der Waals surface area (Å²) in [5.41, 5.74) is 2.39. The van der Waals surface area contributed by atoms with Gasteiger partial charge in [-0.05, 0) is 6.42 Å². The Hall–Kier alpha value is -3.03. The minimum atomic E-state index is -0.0482. The van der Waals surface area contributed by atoms with Gasteiger partial charge in [0.05, 0.1) is 11.3 Å². The second-order valence-electron chi connectivity index (χ2n) is 5.19. The number of aromatic nitrogens is 3. The lowest BCUT2D eigenvalue weighted by Crippen LogP contribution is -2.21. The molecule has 0 spiro atoms. The molecule has 4 heterocycles. The van der Waals surface area contributed by atoms with Crippen LogP contribution >= 0.6 is 0 Å². The molecule has 0 bridgehead atoms. The van der Waals surface area contributed by atoms with E-state index < -0.39 is 0 Å². The molecule has 0 radical (unpaired) electrons. The Morgan fingerprint density at radius 2 is 2.26 bits per heavy atom. The number of carbonyl (C=O) groups is 1. The fraction of sp³-hybridized carbons (Fsp3) is 0.267. The molecule has 8 heteroatoms. The first-order valence-electron chi connectivity index (χ1n) is 7.24. The van der Waals surface area contributed by atoms with Gasteiger partial charge in [-0.15, -0.1) is 0 Å². The number of allylic oxidation sites excluding steroid dienone is 1. The van der Waals surface area contributed by atoms with Gasteiger partial charge in [-0.1, -0.05) is 11.2 Å². The summed E-state index contributed by atoms with van der Waals surface area (Å²) in [5.74, 6) is 1.50. The van der Waals surface area contributed by atoms with Crippen LogP contribution < -0.4 is 10.1 Å². The van der Waals surface area contributed by atoms with Gasteiger partial charge in [0.2, 0.25) is 11.8 Å². The van der Waals surface area contributed by atoms with Crippen LogP contribution in [0.5, 0.6) is 5.88 Å². The monoisotopic (exact) mass is 311 g/mol. The molecule has 1 amide bonds. The van der Waals surface area contributed by atoms with Crippen molar-refractivity contribution in [2.24, 2.45) is 4.99 Å². The van der Waals surface area contributed by atoms with Gasteiger partial charge in [0.25, 0.3) is 0 Å². The minimum absolute atomic E-state index is 0.0482. The van der Waals surface area contributed by atoms with E-state index in [4.69, 9.17) is 9.26 Å². The van der Waals surface area contributed by atoms with Crippen LogP contribution in [0.25, 0.3) is 0 Å². The number of fused-ring (bicyclic) bond motifs is 1. The Kier molecular flexibility index (Phi) is 3.34. The van der Waals surface area contributed by atoms with E-state index in [1.54, 1.807) is 12.3 Å². The Bertz CT molecular complexity index is 824. The molecule has 2 aromatic heterocycles. The van der Waals surface area contributed by atoms with Crippen LogP contribution in [-0.2, 0) is 17.8 Å². The second kappa shape index (κ2) is 5.64. The van der Waals surface area contributed by atoms with Crippen LogP contribution in [-0.4, -0.2) is 26.7 Å². The predicted molar refractivity (Wildman–Crippen MR) is 80.1 cm³/mol. The number of nitrogens with zero attached hydrogens (tertiary/aromatic N) is 4. The van der Waals surface area contributed by atoms with Gasteiger partial charge in [0.1, 0.15) is 17.8 Å². The highest BCUT2D eigenvalue weighted by Gasteiger charge is 2.21. The van der Waals surface area contributed by atoms with Crippen molar-refractivity contribution >= 4 is 17.4 Å². The van der Waals surface area contributed by atoms with Crippen molar-refractivity contribution in [1.29, 1.82) is 0 Å². The summed E-state index contributed by atoms with van der Waals surface area (Å²) >= 11 is 0. The van der Waals surface area contributed by atoms with Crippen LogP contribution in [0.4, 0.5) is 5.82 Å². The topological polar surface area (TPSA) is 102 Å². The Labute approximate surface area is 131 Å². The predicted octanol–water partition coefficient (Wildman–Crippen LogP) is 1.63. The quantitative estimate of drug-likeness (QED) is 0.920. The summed E-state index contributed by atoms with van der Waals surface area (Å²) in [6, 6.07) is 1.81. The Morgan fingerprint density at radius 3 is 3.13 bits per heavy atom. The van der Waals surface area contributed by atoms with Crippen molar-refractivity contribution in [2.75, 3.05) is 5.32 Å². The van der Waals surface area contributed by atoms with Gasteiger partial charge in [-0.3, -0.25) is 9.79 Å². The van der Waals surface area contributed by atoms with E-state index in [-0.39, 0.29) is 12.5 Å². The van der Waals surface area contributed by atoms with Crippen molar-refractivity contribution < 1.29 is 14.1 Å². The molecule has 0 fully saturated rings. The lowest BCUT2D eigenvalue weighted by molar-refractivity contribution is -0.116. The van der Waals surface area contributed by atoms with Crippen LogP contribution in [0, 0.1) is 0 Å². The van der Waals surface area contributed by atoms with E-state index in [2.05, 4.69) is 25.4 Å². The molecule has 1 N–H and O–H groups in total. The lowest BCUT2D eigenvalue weighted by Gasteiger charge is -2.17. The van der Waals surface area contributed by atoms with E-state index in [0.29, 0.717) is 36.0 Å². The molecule has 0 aromatic carbocycles. The first-order chi connectivity index (χ1) is 11.3. The number of anilines is 1. The molecule has 2 aliphatic heterocycles. The van der Waals surface area contributed by atoms with Gasteiger partial charge >= 0.3 is 0 Å². The smallest absolute Gasteiger partial charge is 0.225 e. The molecule has 0 saturated carbocycles. The molecule has 116 valence electrons. The standard InChI is InChI=1S/C15H13N5O3/c21-13-4-3-10-14(19-13)17-8-18-15(10)22-7-9-6-12(20-23-9)11-2-1-5-16-11/h1,5-6,8H,2-4,7H2,(H,17,18,19,21). The summed E-state index contributed by atoms with van der Waals surface area (Å²) in [6.45, 7) is 0.200. The van der Waals surface area contributed by atoms with Crippen molar-refractivity contribution in [2.45, 2.75) is 25.9 Å². The van der Waals surface area contributed by atoms with Gasteiger partial charge < -0.3 is 14.6 Å². The number of amides is 1. The highest BCUT2D eigenvalue weighted by atomic mass is 16.5. The van der Waals surface area contributed by atoms with E-state index in [9.17, 15) is 4.79 Å². The molecular formula is C15H13N5O3. The molecule has 4 rings (SSSR count). The van der Waals surface area contributed by atoms with Gasteiger partial charge in [-0.25, -0.2) is 9.97 Å². The van der Waals surface area contributed by atoms with Crippen LogP contribution in [0.1, 0.15) is 29.9 Å². The fourth-order valence-corrected chi connectivity index (χ4v) is 2.47. The maximum atomic E-state index is 11.4. The third kappa shape index (κ3) is 2.70. The second-order valence-corrected chi connectivity index (χ2v) is 5.19. The van der Waals surface area contributed by atoms with Crippen LogP contribution in [0.15, 0.2) is 34.2 Å². The zero-order chi connectivity index (χ0) is 15.6.